The number of carbonyl (C=O) groups excluding carboxylic acids is 1. The first kappa shape index (κ1) is 19.3. The molecule has 30 heavy (non-hydrogen) atoms. The summed E-state index contributed by atoms with van der Waals surface area (Å²) in [4.78, 5) is 17.4. The summed E-state index contributed by atoms with van der Waals surface area (Å²) in [6, 6.07) is 13.5. The van der Waals surface area contributed by atoms with Crippen LogP contribution in [-0.4, -0.2) is 20.5 Å². The van der Waals surface area contributed by atoms with Crippen LogP contribution in [0.1, 0.15) is 36.4 Å². The van der Waals surface area contributed by atoms with Crippen LogP contribution in [0, 0.1) is 5.82 Å². The third-order valence-corrected chi connectivity index (χ3v) is 6.60. The Hall–Kier alpha value is -2.64. The van der Waals surface area contributed by atoms with E-state index >= 15 is 0 Å². The van der Waals surface area contributed by atoms with Gasteiger partial charge < -0.3 is 5.32 Å². The summed E-state index contributed by atoms with van der Waals surface area (Å²) in [7, 11) is 0. The summed E-state index contributed by atoms with van der Waals surface area (Å²) in [5.74, 6) is 1.02. The molecule has 2 heterocycles. The van der Waals surface area contributed by atoms with Crippen molar-refractivity contribution >= 4 is 35.1 Å². The first-order valence-corrected chi connectivity index (χ1v) is 11.1. The Morgan fingerprint density at radius 3 is 2.77 bits per heavy atom. The minimum atomic E-state index is -0.410. The number of allylic oxidation sites excluding steroid dienone is 2. The maximum Gasteiger partial charge on any atom is 0.227 e. The van der Waals surface area contributed by atoms with Gasteiger partial charge in [-0.1, -0.05) is 53.7 Å². The van der Waals surface area contributed by atoms with Crippen molar-refractivity contribution in [3.63, 3.8) is 0 Å². The largest absolute Gasteiger partial charge is 0.328 e. The Bertz CT molecular complexity index is 1160. The smallest absolute Gasteiger partial charge is 0.227 e. The highest BCUT2D eigenvalue weighted by atomic mass is 35.5. The van der Waals surface area contributed by atoms with Gasteiger partial charge in [-0.2, -0.15) is 4.98 Å². The molecule has 0 spiro atoms. The first-order chi connectivity index (χ1) is 14.6. The molecule has 2 aromatic carbocycles. The zero-order valence-electron chi connectivity index (χ0n) is 15.9. The molecule has 0 saturated carbocycles. The Balaban J connectivity index is 1.51. The molecule has 152 valence electrons. The Kier molecular flexibility index (Phi) is 5.08. The number of hydrogen-bond donors (Lipinski definition) is 1. The molecule has 1 N–H and O–H groups in total. The number of fused-ring (bicyclic) bond motifs is 1. The van der Waals surface area contributed by atoms with Crippen molar-refractivity contribution in [2.45, 2.75) is 36.2 Å². The third kappa shape index (κ3) is 3.52. The van der Waals surface area contributed by atoms with Crippen molar-refractivity contribution in [2.24, 2.45) is 0 Å². The molecular weight excluding hydrogens is 423 g/mol. The average Bonchev–Trinajstić information content (AvgIpc) is 3.15. The number of aromatic nitrogens is 3. The molecule has 1 aliphatic carbocycles. The summed E-state index contributed by atoms with van der Waals surface area (Å²) < 4.78 is 15.3. The lowest BCUT2D eigenvalue weighted by Crippen LogP contribution is -2.31. The standard InChI is InChI=1S/C22H18ClFN4OS/c23-16-5-2-1-4-14(16)12-30-22-26-21-25-17-6-3-7-18(29)19(17)20(28(21)27-22)13-8-10-15(24)11-9-13/h1-2,4-5,8-11,20H,3,6-7,12H2,(H,25,26,27)/t20-/m1/s1. The van der Waals surface area contributed by atoms with E-state index in [0.717, 1.165) is 29.7 Å². The van der Waals surface area contributed by atoms with Gasteiger partial charge in [-0.15, -0.1) is 5.10 Å². The fourth-order valence-electron chi connectivity index (χ4n) is 3.91. The van der Waals surface area contributed by atoms with E-state index in [1.54, 1.807) is 16.8 Å². The van der Waals surface area contributed by atoms with Gasteiger partial charge in [-0.05, 0) is 42.2 Å². The molecule has 3 aromatic rings. The molecule has 1 aromatic heterocycles. The third-order valence-electron chi connectivity index (χ3n) is 5.35. The van der Waals surface area contributed by atoms with Crippen LogP contribution in [0.3, 0.4) is 0 Å². The number of carbonyl (C=O) groups is 1. The minimum absolute atomic E-state index is 0.101. The summed E-state index contributed by atoms with van der Waals surface area (Å²) >= 11 is 7.74. The van der Waals surface area contributed by atoms with Crippen LogP contribution < -0.4 is 5.32 Å². The number of ketones is 1. The van der Waals surface area contributed by atoms with Crippen molar-refractivity contribution in [1.29, 1.82) is 0 Å². The predicted octanol–water partition coefficient (Wildman–Crippen LogP) is 5.38. The Labute approximate surface area is 182 Å². The summed E-state index contributed by atoms with van der Waals surface area (Å²) in [6.45, 7) is 0. The number of nitrogens with zero attached hydrogens (tertiary/aromatic N) is 3. The maximum atomic E-state index is 13.5. The highest BCUT2D eigenvalue weighted by Gasteiger charge is 2.36. The highest BCUT2D eigenvalue weighted by molar-refractivity contribution is 7.98. The summed E-state index contributed by atoms with van der Waals surface area (Å²) in [5.41, 5.74) is 3.41. The number of hydrogen-bond acceptors (Lipinski definition) is 5. The molecule has 1 atom stereocenters. The van der Waals surface area contributed by atoms with E-state index in [-0.39, 0.29) is 11.6 Å². The van der Waals surface area contributed by atoms with Crippen molar-refractivity contribution in [3.05, 3.63) is 81.8 Å². The molecule has 1 aliphatic heterocycles. The van der Waals surface area contributed by atoms with Gasteiger partial charge in [0.25, 0.3) is 0 Å². The molecule has 5 nitrogen and oxygen atoms in total. The second kappa shape index (κ2) is 7.89. The number of rotatable bonds is 4. The molecule has 0 amide bonds. The van der Waals surface area contributed by atoms with E-state index in [4.69, 9.17) is 11.6 Å². The van der Waals surface area contributed by atoms with Crippen molar-refractivity contribution in [2.75, 3.05) is 5.32 Å². The van der Waals surface area contributed by atoms with Crippen LogP contribution >= 0.6 is 23.4 Å². The van der Waals surface area contributed by atoms with Crippen LogP contribution in [0.15, 0.2) is 65.0 Å². The van der Waals surface area contributed by atoms with E-state index in [1.165, 1.54) is 23.9 Å². The van der Waals surface area contributed by atoms with Crippen molar-refractivity contribution < 1.29 is 9.18 Å². The number of Topliss-reactive ketones (excluding diaryl/α,β-unsaturated/α-hetero) is 1. The van der Waals surface area contributed by atoms with Gasteiger partial charge in [-0.25, -0.2) is 9.07 Å². The van der Waals surface area contributed by atoms with Gasteiger partial charge in [0, 0.05) is 28.5 Å². The van der Waals surface area contributed by atoms with Gasteiger partial charge in [0.15, 0.2) is 5.78 Å². The van der Waals surface area contributed by atoms with Crippen LogP contribution in [0.25, 0.3) is 0 Å². The lowest BCUT2D eigenvalue weighted by atomic mass is 9.85. The van der Waals surface area contributed by atoms with Gasteiger partial charge in [0.05, 0.1) is 0 Å². The van der Waals surface area contributed by atoms with Gasteiger partial charge in [0.1, 0.15) is 11.9 Å². The van der Waals surface area contributed by atoms with Crippen LogP contribution in [0.2, 0.25) is 5.02 Å². The van der Waals surface area contributed by atoms with E-state index in [1.807, 2.05) is 24.3 Å². The average molecular weight is 441 g/mol. The van der Waals surface area contributed by atoms with Gasteiger partial charge in [0.2, 0.25) is 11.1 Å². The monoisotopic (exact) mass is 440 g/mol. The lowest BCUT2D eigenvalue weighted by Gasteiger charge is -2.32. The molecule has 0 unspecified atom stereocenters. The molecular formula is C22H18ClFN4OS. The summed E-state index contributed by atoms with van der Waals surface area (Å²) in [6.07, 6.45) is 2.10. The number of nitrogens with one attached hydrogen (secondary N) is 1. The topological polar surface area (TPSA) is 59.8 Å². The zero-order chi connectivity index (χ0) is 20.7. The quantitative estimate of drug-likeness (QED) is 0.551. The minimum Gasteiger partial charge on any atom is -0.328 e. The fourth-order valence-corrected chi connectivity index (χ4v) is 5.02. The second-order valence-electron chi connectivity index (χ2n) is 7.29. The van der Waals surface area contributed by atoms with Crippen molar-refractivity contribution in [3.8, 4) is 0 Å². The molecule has 0 bridgehead atoms. The van der Waals surface area contributed by atoms with Gasteiger partial charge in [-0.3, -0.25) is 4.79 Å². The molecule has 8 heteroatoms. The van der Waals surface area contributed by atoms with Crippen LogP contribution in [-0.2, 0) is 10.5 Å². The summed E-state index contributed by atoms with van der Waals surface area (Å²) in [5, 5.41) is 9.29. The zero-order valence-corrected chi connectivity index (χ0v) is 17.5. The van der Waals surface area contributed by atoms with E-state index < -0.39 is 6.04 Å². The van der Waals surface area contributed by atoms with E-state index in [9.17, 15) is 9.18 Å². The normalized spacial score (nSPS) is 18.1. The van der Waals surface area contributed by atoms with E-state index in [2.05, 4.69) is 15.4 Å². The fraction of sp³-hybridized carbons (Fsp3) is 0.227. The number of benzene rings is 2. The molecule has 0 fully saturated rings. The molecule has 0 radical (unpaired) electrons. The maximum absolute atomic E-state index is 13.5. The van der Waals surface area contributed by atoms with Crippen LogP contribution in [0.5, 0.6) is 0 Å². The molecule has 5 rings (SSSR count). The molecule has 2 aliphatic rings. The first-order valence-electron chi connectivity index (χ1n) is 9.71. The Morgan fingerprint density at radius 2 is 1.97 bits per heavy atom. The SMILES string of the molecule is O=C1CCCC2=C1[C@@H](c1ccc(F)cc1)n1nc(SCc3ccccc3Cl)nc1N2. The lowest BCUT2D eigenvalue weighted by molar-refractivity contribution is -0.116. The molecule has 0 saturated heterocycles. The second-order valence-corrected chi connectivity index (χ2v) is 8.64. The highest BCUT2D eigenvalue weighted by Crippen LogP contribution is 2.40. The number of anilines is 1. The van der Waals surface area contributed by atoms with Gasteiger partial charge >= 0.3 is 0 Å². The Morgan fingerprint density at radius 1 is 1.17 bits per heavy atom. The van der Waals surface area contributed by atoms with Crippen LogP contribution in [0.4, 0.5) is 10.3 Å². The number of thioether (sulfide) groups is 1. The predicted molar refractivity (Wildman–Crippen MR) is 115 cm³/mol. The van der Waals surface area contributed by atoms with Crippen molar-refractivity contribution in [1.82, 2.24) is 14.8 Å². The number of halogens is 2. The van der Waals surface area contributed by atoms with E-state index in [0.29, 0.717) is 33.9 Å².